The largest absolute Gasteiger partial charge is 0.339 e. The predicted molar refractivity (Wildman–Crippen MR) is 68.0 cm³/mol. The molecule has 0 aliphatic rings. The lowest BCUT2D eigenvalue weighted by atomic mass is 10.1. The molecule has 3 N–H and O–H groups in total. The Kier molecular flexibility index (Phi) is 3.39. The highest BCUT2D eigenvalue weighted by Gasteiger charge is 2.08. The fraction of sp³-hybridized carbons (Fsp3) is 0.333. The molecule has 0 spiro atoms. The van der Waals surface area contributed by atoms with Gasteiger partial charge in [0.1, 0.15) is 5.82 Å². The average molecular weight is 231 g/mol. The fourth-order valence-corrected chi connectivity index (χ4v) is 1.73. The number of para-hydroxylation sites is 1. The van der Waals surface area contributed by atoms with Gasteiger partial charge >= 0.3 is 0 Å². The monoisotopic (exact) mass is 231 g/mol. The smallest absolute Gasteiger partial charge is 0.149 e. The number of anilines is 2. The van der Waals surface area contributed by atoms with Crippen molar-refractivity contribution in [3.05, 3.63) is 36.0 Å². The first-order chi connectivity index (χ1) is 8.22. The van der Waals surface area contributed by atoms with Gasteiger partial charge in [-0.1, -0.05) is 23.4 Å². The van der Waals surface area contributed by atoms with E-state index in [0.29, 0.717) is 0 Å². The lowest BCUT2D eigenvalue weighted by molar-refractivity contribution is 0.633. The Morgan fingerprint density at radius 3 is 2.88 bits per heavy atom. The van der Waals surface area contributed by atoms with Gasteiger partial charge in [-0.15, -0.1) is 5.10 Å². The topological polar surface area (TPSA) is 68.8 Å². The fourth-order valence-electron chi connectivity index (χ4n) is 1.73. The summed E-state index contributed by atoms with van der Waals surface area (Å²) in [6.07, 6.45) is 1.71. The zero-order chi connectivity index (χ0) is 12.3. The number of rotatable bonds is 4. The van der Waals surface area contributed by atoms with Crippen molar-refractivity contribution in [3.8, 4) is 0 Å². The Hall–Kier alpha value is -1.88. The minimum absolute atomic E-state index is 0.00958. The average Bonchev–Trinajstić information content (AvgIpc) is 2.77. The molecule has 0 amide bonds. The molecule has 1 unspecified atom stereocenters. The third kappa shape index (κ3) is 2.45. The summed E-state index contributed by atoms with van der Waals surface area (Å²) in [6.45, 7) is 4.77. The molecular weight excluding hydrogens is 214 g/mol. The van der Waals surface area contributed by atoms with Gasteiger partial charge in [-0.2, -0.15) is 0 Å². The van der Waals surface area contributed by atoms with E-state index in [-0.39, 0.29) is 6.04 Å². The molecule has 0 saturated heterocycles. The van der Waals surface area contributed by atoms with Gasteiger partial charge in [0.2, 0.25) is 0 Å². The van der Waals surface area contributed by atoms with Crippen molar-refractivity contribution in [2.24, 2.45) is 5.73 Å². The Labute approximate surface area is 101 Å². The molecule has 2 rings (SSSR count). The number of nitrogens with zero attached hydrogens (tertiary/aromatic N) is 3. The van der Waals surface area contributed by atoms with Crippen LogP contribution in [0.1, 0.15) is 25.5 Å². The second-order valence-electron chi connectivity index (χ2n) is 3.94. The summed E-state index contributed by atoms with van der Waals surface area (Å²) in [4.78, 5) is 0. The molecule has 5 nitrogen and oxygen atoms in total. The summed E-state index contributed by atoms with van der Waals surface area (Å²) < 4.78 is 1.80. The van der Waals surface area contributed by atoms with Crippen LogP contribution >= 0.6 is 0 Å². The van der Waals surface area contributed by atoms with Gasteiger partial charge in [0.05, 0.1) is 6.20 Å². The zero-order valence-corrected chi connectivity index (χ0v) is 10.1. The van der Waals surface area contributed by atoms with E-state index in [1.165, 1.54) is 0 Å². The van der Waals surface area contributed by atoms with Gasteiger partial charge in [0.15, 0.2) is 0 Å². The van der Waals surface area contributed by atoms with Crippen molar-refractivity contribution in [1.29, 1.82) is 0 Å². The number of hydrogen-bond acceptors (Lipinski definition) is 4. The number of nitrogens with two attached hydrogens (primary N) is 1. The molecule has 0 aliphatic heterocycles. The SMILES string of the molecule is CCn1nncc1Nc1ccccc1C(C)N. The van der Waals surface area contributed by atoms with Gasteiger partial charge in [-0.3, -0.25) is 0 Å². The van der Waals surface area contributed by atoms with Crippen LogP contribution in [0.2, 0.25) is 0 Å². The van der Waals surface area contributed by atoms with E-state index < -0.39 is 0 Å². The third-order valence-corrected chi connectivity index (χ3v) is 2.63. The number of aromatic nitrogens is 3. The molecule has 17 heavy (non-hydrogen) atoms. The minimum atomic E-state index is -0.00958. The number of aryl methyl sites for hydroxylation is 1. The first-order valence-electron chi connectivity index (χ1n) is 5.72. The van der Waals surface area contributed by atoms with Crippen molar-refractivity contribution in [1.82, 2.24) is 15.0 Å². The van der Waals surface area contributed by atoms with Crippen LogP contribution in [-0.2, 0) is 6.54 Å². The van der Waals surface area contributed by atoms with Crippen molar-refractivity contribution >= 4 is 11.5 Å². The number of nitrogens with one attached hydrogen (secondary N) is 1. The van der Waals surface area contributed by atoms with Crippen LogP contribution in [0.25, 0.3) is 0 Å². The van der Waals surface area contributed by atoms with Gasteiger partial charge in [0, 0.05) is 18.3 Å². The third-order valence-electron chi connectivity index (χ3n) is 2.63. The molecule has 2 aromatic rings. The summed E-state index contributed by atoms with van der Waals surface area (Å²) in [5.41, 5.74) is 8.02. The maximum absolute atomic E-state index is 5.94. The Balaban J connectivity index is 2.30. The minimum Gasteiger partial charge on any atom is -0.339 e. The summed E-state index contributed by atoms with van der Waals surface area (Å²) in [6, 6.07) is 7.98. The molecule has 0 radical (unpaired) electrons. The predicted octanol–water partition coefficient (Wildman–Crippen LogP) is 2.06. The number of hydrogen-bond donors (Lipinski definition) is 2. The maximum atomic E-state index is 5.94. The highest BCUT2D eigenvalue weighted by molar-refractivity contribution is 5.60. The number of benzene rings is 1. The highest BCUT2D eigenvalue weighted by Crippen LogP contribution is 2.24. The molecule has 1 aromatic carbocycles. The van der Waals surface area contributed by atoms with Gasteiger partial charge in [-0.25, -0.2) is 4.68 Å². The summed E-state index contributed by atoms with van der Waals surface area (Å²) in [7, 11) is 0. The Morgan fingerprint density at radius 1 is 1.41 bits per heavy atom. The van der Waals surface area contributed by atoms with Gasteiger partial charge in [-0.05, 0) is 25.5 Å². The quantitative estimate of drug-likeness (QED) is 0.845. The van der Waals surface area contributed by atoms with E-state index in [2.05, 4.69) is 15.6 Å². The molecule has 5 heteroatoms. The van der Waals surface area contributed by atoms with E-state index in [9.17, 15) is 0 Å². The zero-order valence-electron chi connectivity index (χ0n) is 10.1. The maximum Gasteiger partial charge on any atom is 0.149 e. The second kappa shape index (κ2) is 4.97. The Bertz CT molecular complexity index is 489. The molecule has 1 heterocycles. The van der Waals surface area contributed by atoms with Crippen molar-refractivity contribution < 1.29 is 0 Å². The van der Waals surface area contributed by atoms with E-state index in [1.54, 1.807) is 10.9 Å². The van der Waals surface area contributed by atoms with E-state index in [4.69, 9.17) is 5.73 Å². The van der Waals surface area contributed by atoms with Crippen LogP contribution in [0.15, 0.2) is 30.5 Å². The van der Waals surface area contributed by atoms with Gasteiger partial charge in [0.25, 0.3) is 0 Å². The lowest BCUT2D eigenvalue weighted by Crippen LogP contribution is -2.09. The standard InChI is InChI=1S/C12H17N5/c1-3-17-12(8-14-16-17)15-11-7-5-4-6-10(11)9(2)13/h4-9,15H,3,13H2,1-2H3. The Morgan fingerprint density at radius 2 is 2.18 bits per heavy atom. The van der Waals surface area contributed by atoms with Crippen LogP contribution < -0.4 is 11.1 Å². The van der Waals surface area contributed by atoms with Crippen molar-refractivity contribution in [3.63, 3.8) is 0 Å². The first-order valence-corrected chi connectivity index (χ1v) is 5.72. The van der Waals surface area contributed by atoms with E-state index >= 15 is 0 Å². The molecule has 0 saturated carbocycles. The molecule has 0 aliphatic carbocycles. The molecule has 1 atom stereocenters. The van der Waals surface area contributed by atoms with Crippen molar-refractivity contribution in [2.45, 2.75) is 26.4 Å². The molecular formula is C12H17N5. The van der Waals surface area contributed by atoms with E-state index in [1.807, 2.05) is 38.1 Å². The second-order valence-corrected chi connectivity index (χ2v) is 3.94. The molecule has 0 fully saturated rings. The molecule has 1 aromatic heterocycles. The highest BCUT2D eigenvalue weighted by atomic mass is 15.4. The molecule has 0 bridgehead atoms. The molecule has 90 valence electrons. The first kappa shape index (κ1) is 11.6. The van der Waals surface area contributed by atoms with Gasteiger partial charge < -0.3 is 11.1 Å². The summed E-state index contributed by atoms with van der Waals surface area (Å²) in [5.74, 6) is 0.876. The summed E-state index contributed by atoms with van der Waals surface area (Å²) in [5, 5.41) is 11.2. The van der Waals surface area contributed by atoms with Crippen LogP contribution in [0.3, 0.4) is 0 Å². The van der Waals surface area contributed by atoms with Crippen LogP contribution in [0.4, 0.5) is 11.5 Å². The lowest BCUT2D eigenvalue weighted by Gasteiger charge is -2.14. The normalized spacial score (nSPS) is 12.4. The van der Waals surface area contributed by atoms with Crippen LogP contribution in [0, 0.1) is 0 Å². The van der Waals surface area contributed by atoms with Crippen LogP contribution in [0.5, 0.6) is 0 Å². The van der Waals surface area contributed by atoms with Crippen molar-refractivity contribution in [2.75, 3.05) is 5.32 Å². The summed E-state index contributed by atoms with van der Waals surface area (Å²) >= 11 is 0. The van der Waals surface area contributed by atoms with Crippen LogP contribution in [-0.4, -0.2) is 15.0 Å². The van der Waals surface area contributed by atoms with E-state index in [0.717, 1.165) is 23.6 Å².